The fourth-order valence-electron chi connectivity index (χ4n) is 2.61. The van der Waals surface area contributed by atoms with E-state index in [1.54, 1.807) is 18.0 Å². The zero-order valence-electron chi connectivity index (χ0n) is 13.5. The molecule has 0 radical (unpaired) electrons. The van der Waals surface area contributed by atoms with Crippen LogP contribution in [0.5, 0.6) is 0 Å². The second kappa shape index (κ2) is 6.37. The number of carbonyl (C=O) groups is 1. The van der Waals surface area contributed by atoms with E-state index in [-0.39, 0.29) is 11.9 Å². The molecule has 2 heterocycles. The Hall–Kier alpha value is -1.41. The number of carbonyl (C=O) groups excluding carboxylic acids is 1. The summed E-state index contributed by atoms with van der Waals surface area (Å²) in [5, 5.41) is 6.97. The van der Waals surface area contributed by atoms with Crippen molar-refractivity contribution in [2.75, 3.05) is 26.4 Å². The summed E-state index contributed by atoms with van der Waals surface area (Å²) in [6.07, 6.45) is 2.51. The molecule has 124 valence electrons. The van der Waals surface area contributed by atoms with Crippen LogP contribution in [0.15, 0.2) is 6.07 Å². The highest BCUT2D eigenvalue weighted by Crippen LogP contribution is 2.20. The quantitative estimate of drug-likeness (QED) is 0.894. The molecule has 0 saturated carbocycles. The van der Waals surface area contributed by atoms with E-state index in [0.717, 1.165) is 5.69 Å². The molecule has 1 aliphatic heterocycles. The van der Waals surface area contributed by atoms with Crippen molar-refractivity contribution in [1.82, 2.24) is 19.4 Å². The second-order valence-electron chi connectivity index (χ2n) is 6.17. The van der Waals surface area contributed by atoms with Gasteiger partial charge in [-0.1, -0.05) is 13.8 Å². The van der Waals surface area contributed by atoms with Crippen molar-refractivity contribution in [2.24, 2.45) is 0 Å². The first-order valence-corrected chi connectivity index (χ1v) is 9.32. The van der Waals surface area contributed by atoms with Crippen LogP contribution < -0.4 is 0 Å². The molecule has 0 aliphatic carbocycles. The minimum absolute atomic E-state index is 0.0375. The molecule has 0 unspecified atom stereocenters. The predicted molar refractivity (Wildman–Crippen MR) is 84.2 cm³/mol. The average molecular weight is 328 g/mol. The maximum Gasteiger partial charge on any atom is 0.274 e. The summed E-state index contributed by atoms with van der Waals surface area (Å²) in [5.74, 6) is 0.201. The average Bonchev–Trinajstić information content (AvgIpc) is 2.95. The molecule has 1 saturated heterocycles. The molecule has 8 heteroatoms. The summed E-state index contributed by atoms with van der Waals surface area (Å²) in [4.78, 5) is 14.2. The lowest BCUT2D eigenvalue weighted by Gasteiger charge is -2.35. The number of aromatic amines is 1. The number of nitrogens with one attached hydrogen (secondary N) is 1. The highest BCUT2D eigenvalue weighted by molar-refractivity contribution is 7.88. The van der Waals surface area contributed by atoms with Crippen molar-refractivity contribution in [2.45, 2.75) is 38.6 Å². The van der Waals surface area contributed by atoms with Gasteiger partial charge >= 0.3 is 0 Å². The molecule has 7 nitrogen and oxygen atoms in total. The van der Waals surface area contributed by atoms with Crippen LogP contribution in [0.2, 0.25) is 0 Å². The van der Waals surface area contributed by atoms with Crippen LogP contribution in [0.25, 0.3) is 0 Å². The normalized spacial score (nSPS) is 17.5. The van der Waals surface area contributed by atoms with Gasteiger partial charge in [0.05, 0.1) is 6.26 Å². The molecule has 1 amide bonds. The smallest absolute Gasteiger partial charge is 0.274 e. The number of hydrogen-bond donors (Lipinski definition) is 1. The van der Waals surface area contributed by atoms with Crippen LogP contribution in [-0.2, 0) is 10.0 Å². The molecule has 0 atom stereocenters. The zero-order chi connectivity index (χ0) is 16.5. The van der Waals surface area contributed by atoms with Crippen LogP contribution in [0, 0.1) is 0 Å². The van der Waals surface area contributed by atoms with Crippen molar-refractivity contribution < 1.29 is 13.2 Å². The number of sulfonamides is 1. The first-order chi connectivity index (χ1) is 10.2. The van der Waals surface area contributed by atoms with E-state index in [9.17, 15) is 13.2 Å². The summed E-state index contributed by atoms with van der Waals surface area (Å²) >= 11 is 0. The minimum Gasteiger partial charge on any atom is -0.337 e. The van der Waals surface area contributed by atoms with E-state index in [4.69, 9.17) is 0 Å². The second-order valence-corrected chi connectivity index (χ2v) is 8.21. The first-order valence-electron chi connectivity index (χ1n) is 7.47. The van der Waals surface area contributed by atoms with Gasteiger partial charge in [-0.25, -0.2) is 12.7 Å². The summed E-state index contributed by atoms with van der Waals surface area (Å²) in [6.45, 7) is 5.17. The molecular weight excluding hydrogens is 304 g/mol. The highest BCUT2D eigenvalue weighted by atomic mass is 32.2. The van der Waals surface area contributed by atoms with Crippen molar-refractivity contribution in [3.8, 4) is 0 Å². The van der Waals surface area contributed by atoms with E-state index in [1.807, 2.05) is 13.8 Å². The molecule has 0 spiro atoms. The van der Waals surface area contributed by atoms with Gasteiger partial charge in [0.15, 0.2) is 0 Å². The number of piperidine rings is 1. The molecular formula is C14H24N4O3S. The summed E-state index contributed by atoms with van der Waals surface area (Å²) in [6, 6.07) is 1.76. The van der Waals surface area contributed by atoms with Crippen LogP contribution in [-0.4, -0.2) is 66.2 Å². The van der Waals surface area contributed by atoms with E-state index in [0.29, 0.717) is 37.5 Å². The molecule has 1 N–H and O–H groups in total. The number of amides is 1. The highest BCUT2D eigenvalue weighted by Gasteiger charge is 2.30. The van der Waals surface area contributed by atoms with Gasteiger partial charge in [0, 0.05) is 31.9 Å². The standard InChI is InChI=1S/C14H24N4O3S/c1-10(2)12-9-13(16-15-12)14(19)18-7-5-11(6-8-18)17(3)22(4,20)21/h9-11H,5-8H2,1-4H3,(H,15,16). The van der Waals surface area contributed by atoms with Crippen molar-refractivity contribution in [1.29, 1.82) is 0 Å². The van der Waals surface area contributed by atoms with Crippen molar-refractivity contribution in [3.63, 3.8) is 0 Å². The predicted octanol–water partition coefficient (Wildman–Crippen LogP) is 1.03. The Kier molecular flexibility index (Phi) is 4.91. The largest absolute Gasteiger partial charge is 0.337 e. The van der Waals surface area contributed by atoms with Gasteiger partial charge < -0.3 is 4.90 Å². The van der Waals surface area contributed by atoms with Crippen molar-refractivity contribution in [3.05, 3.63) is 17.5 Å². The number of nitrogens with zero attached hydrogens (tertiary/aromatic N) is 3. The Labute approximate surface area is 131 Å². The molecule has 1 aromatic heterocycles. The lowest BCUT2D eigenvalue weighted by atomic mass is 10.0. The van der Waals surface area contributed by atoms with Crippen LogP contribution >= 0.6 is 0 Å². The van der Waals surface area contributed by atoms with E-state index < -0.39 is 10.0 Å². The molecule has 0 aromatic carbocycles. The number of rotatable bonds is 4. The van der Waals surface area contributed by atoms with Crippen LogP contribution in [0.3, 0.4) is 0 Å². The SMILES string of the molecule is CC(C)c1cc(C(=O)N2CCC(N(C)S(C)(=O)=O)CC2)n[nH]1. The Morgan fingerprint density at radius 2 is 2.00 bits per heavy atom. The first kappa shape index (κ1) is 17.0. The van der Waals surface area contributed by atoms with Crippen LogP contribution in [0.1, 0.15) is 48.8 Å². The van der Waals surface area contributed by atoms with Gasteiger partial charge in [-0.05, 0) is 24.8 Å². The van der Waals surface area contributed by atoms with Gasteiger partial charge in [-0.2, -0.15) is 5.10 Å². The number of likely N-dealkylation sites (tertiary alicyclic amines) is 1. The third-order valence-corrected chi connectivity index (χ3v) is 5.57. The minimum atomic E-state index is -3.19. The van der Waals surface area contributed by atoms with Gasteiger partial charge in [0.2, 0.25) is 10.0 Å². The van der Waals surface area contributed by atoms with E-state index in [2.05, 4.69) is 10.2 Å². The molecule has 2 rings (SSSR count). The van der Waals surface area contributed by atoms with E-state index >= 15 is 0 Å². The Bertz CT molecular complexity index is 630. The third-order valence-electron chi connectivity index (χ3n) is 4.23. The topological polar surface area (TPSA) is 86.4 Å². The lowest BCUT2D eigenvalue weighted by Crippen LogP contribution is -2.47. The van der Waals surface area contributed by atoms with Gasteiger partial charge in [-0.3, -0.25) is 9.89 Å². The molecule has 1 aliphatic rings. The Morgan fingerprint density at radius 1 is 1.41 bits per heavy atom. The summed E-state index contributed by atoms with van der Waals surface area (Å²) in [7, 11) is -1.59. The monoisotopic (exact) mass is 328 g/mol. The molecule has 22 heavy (non-hydrogen) atoms. The number of hydrogen-bond acceptors (Lipinski definition) is 4. The van der Waals surface area contributed by atoms with Gasteiger partial charge in [0.1, 0.15) is 5.69 Å². The third kappa shape index (κ3) is 3.67. The van der Waals surface area contributed by atoms with Gasteiger partial charge in [0.25, 0.3) is 5.91 Å². The Balaban J connectivity index is 1.97. The maximum atomic E-state index is 12.4. The number of aromatic nitrogens is 2. The van der Waals surface area contributed by atoms with Crippen LogP contribution in [0.4, 0.5) is 0 Å². The molecule has 1 fully saturated rings. The zero-order valence-corrected chi connectivity index (χ0v) is 14.4. The lowest BCUT2D eigenvalue weighted by molar-refractivity contribution is 0.0680. The molecule has 1 aromatic rings. The fourth-order valence-corrected chi connectivity index (χ4v) is 3.36. The Morgan fingerprint density at radius 3 is 2.45 bits per heavy atom. The number of H-pyrrole nitrogens is 1. The molecule has 0 bridgehead atoms. The summed E-state index contributed by atoms with van der Waals surface area (Å²) in [5.41, 5.74) is 1.37. The summed E-state index contributed by atoms with van der Waals surface area (Å²) < 4.78 is 24.5. The van der Waals surface area contributed by atoms with Gasteiger partial charge in [-0.15, -0.1) is 0 Å². The maximum absolute atomic E-state index is 12.4. The van der Waals surface area contributed by atoms with E-state index in [1.165, 1.54) is 10.6 Å². The fraction of sp³-hybridized carbons (Fsp3) is 0.714. The van der Waals surface area contributed by atoms with Crippen molar-refractivity contribution >= 4 is 15.9 Å².